The molecular weight excluding hydrogens is 292 g/mol. The number of rotatable bonds is 6. The van der Waals surface area contributed by atoms with E-state index in [-0.39, 0.29) is 12.5 Å². The van der Waals surface area contributed by atoms with Crippen molar-refractivity contribution >= 4 is 12.1 Å². The van der Waals surface area contributed by atoms with E-state index in [0.717, 1.165) is 11.1 Å². The van der Waals surface area contributed by atoms with Gasteiger partial charge in [-0.25, -0.2) is 5.43 Å². The van der Waals surface area contributed by atoms with Gasteiger partial charge in [-0.05, 0) is 49.2 Å². The number of ether oxygens (including phenoxy) is 2. The molecule has 0 saturated carbocycles. The molecular formula is C18H20N2O3. The smallest absolute Gasteiger partial charge is 0.277 e. The number of nitrogens with zero attached hydrogens (tertiary/aromatic N) is 1. The quantitative estimate of drug-likeness (QED) is 0.659. The maximum Gasteiger partial charge on any atom is 0.277 e. The number of para-hydroxylation sites is 1. The summed E-state index contributed by atoms with van der Waals surface area (Å²) in [4.78, 5) is 11.7. The molecule has 0 bridgehead atoms. The van der Waals surface area contributed by atoms with Crippen LogP contribution < -0.4 is 14.9 Å². The average Bonchev–Trinajstić information content (AvgIpc) is 2.56. The molecule has 5 nitrogen and oxygen atoms in total. The topological polar surface area (TPSA) is 59.9 Å². The van der Waals surface area contributed by atoms with Gasteiger partial charge < -0.3 is 9.47 Å². The van der Waals surface area contributed by atoms with Crippen LogP contribution in [-0.4, -0.2) is 25.8 Å². The normalized spacial score (nSPS) is 10.6. The number of carbonyl (C=O) groups excluding carboxylic acids is 1. The van der Waals surface area contributed by atoms with E-state index in [1.807, 2.05) is 56.3 Å². The van der Waals surface area contributed by atoms with Crippen molar-refractivity contribution in [2.24, 2.45) is 5.10 Å². The van der Waals surface area contributed by atoms with Crippen molar-refractivity contribution in [1.29, 1.82) is 0 Å². The lowest BCUT2D eigenvalue weighted by molar-refractivity contribution is -0.123. The van der Waals surface area contributed by atoms with E-state index >= 15 is 0 Å². The molecule has 0 fully saturated rings. The van der Waals surface area contributed by atoms with Crippen LogP contribution in [0.1, 0.15) is 16.7 Å². The summed E-state index contributed by atoms with van der Waals surface area (Å²) in [5.74, 6) is 1.03. The molecule has 0 aromatic heterocycles. The van der Waals surface area contributed by atoms with Gasteiger partial charge in [0, 0.05) is 5.56 Å². The van der Waals surface area contributed by atoms with E-state index in [4.69, 9.17) is 9.47 Å². The summed E-state index contributed by atoms with van der Waals surface area (Å²) in [6.45, 7) is 3.93. The minimum atomic E-state index is -0.325. The first-order chi connectivity index (χ1) is 11.1. The predicted molar refractivity (Wildman–Crippen MR) is 90.1 cm³/mol. The van der Waals surface area contributed by atoms with Crippen LogP contribution in [0, 0.1) is 13.8 Å². The van der Waals surface area contributed by atoms with Gasteiger partial charge in [0.2, 0.25) is 0 Å². The van der Waals surface area contributed by atoms with Crippen molar-refractivity contribution in [3.05, 3.63) is 59.2 Å². The fraction of sp³-hybridized carbons (Fsp3) is 0.222. The lowest BCUT2D eigenvalue weighted by Crippen LogP contribution is -2.24. The monoisotopic (exact) mass is 312 g/mol. The third kappa shape index (κ3) is 4.85. The third-order valence-corrected chi connectivity index (χ3v) is 3.38. The Morgan fingerprint density at radius 3 is 2.70 bits per heavy atom. The SMILES string of the molecule is COc1ccccc1/C=N/NC(=O)COc1ccc(C)c(C)c1. The standard InChI is InChI=1S/C18H20N2O3/c1-13-8-9-16(10-14(13)2)23-12-18(21)20-19-11-15-6-4-5-7-17(15)22-3/h4-11H,12H2,1-3H3,(H,20,21)/b19-11+. The van der Waals surface area contributed by atoms with Gasteiger partial charge >= 0.3 is 0 Å². The zero-order valence-electron chi connectivity index (χ0n) is 13.5. The van der Waals surface area contributed by atoms with E-state index in [9.17, 15) is 4.79 Å². The number of amides is 1. The Hall–Kier alpha value is -2.82. The molecule has 23 heavy (non-hydrogen) atoms. The molecule has 0 aliphatic carbocycles. The fourth-order valence-corrected chi connectivity index (χ4v) is 1.93. The molecule has 0 unspecified atom stereocenters. The van der Waals surface area contributed by atoms with E-state index in [2.05, 4.69) is 10.5 Å². The second kappa shape index (κ2) is 7.98. The fourth-order valence-electron chi connectivity index (χ4n) is 1.93. The number of hydrogen-bond acceptors (Lipinski definition) is 4. The molecule has 5 heteroatoms. The number of methoxy groups -OCH3 is 1. The summed E-state index contributed by atoms with van der Waals surface area (Å²) < 4.78 is 10.6. The Labute approximate surface area is 135 Å². The van der Waals surface area contributed by atoms with Crippen molar-refractivity contribution in [3.63, 3.8) is 0 Å². The van der Waals surface area contributed by atoms with Gasteiger partial charge in [-0.3, -0.25) is 4.79 Å². The molecule has 2 aromatic carbocycles. The van der Waals surface area contributed by atoms with Gasteiger partial charge in [-0.2, -0.15) is 5.10 Å². The van der Waals surface area contributed by atoms with Gasteiger partial charge in [-0.15, -0.1) is 0 Å². The first kappa shape index (κ1) is 16.5. The molecule has 0 spiro atoms. The highest BCUT2D eigenvalue weighted by Gasteiger charge is 2.03. The van der Waals surface area contributed by atoms with E-state index in [1.165, 1.54) is 11.8 Å². The maximum atomic E-state index is 11.7. The average molecular weight is 312 g/mol. The van der Waals surface area contributed by atoms with Gasteiger partial charge in [0.15, 0.2) is 6.61 Å². The van der Waals surface area contributed by atoms with Gasteiger partial charge in [0.1, 0.15) is 11.5 Å². The second-order valence-corrected chi connectivity index (χ2v) is 5.07. The minimum Gasteiger partial charge on any atom is -0.496 e. The Kier molecular flexibility index (Phi) is 5.74. The van der Waals surface area contributed by atoms with Crippen LogP contribution in [0.3, 0.4) is 0 Å². The minimum absolute atomic E-state index is 0.0915. The summed E-state index contributed by atoms with van der Waals surface area (Å²) in [6.07, 6.45) is 1.53. The van der Waals surface area contributed by atoms with Crippen molar-refractivity contribution in [3.8, 4) is 11.5 Å². The summed E-state index contributed by atoms with van der Waals surface area (Å²) in [5, 5.41) is 3.91. The molecule has 0 radical (unpaired) electrons. The number of hydrogen-bond donors (Lipinski definition) is 1. The second-order valence-electron chi connectivity index (χ2n) is 5.07. The van der Waals surface area contributed by atoms with Crippen molar-refractivity contribution in [1.82, 2.24) is 5.43 Å². The Bertz CT molecular complexity index is 711. The van der Waals surface area contributed by atoms with Gasteiger partial charge in [-0.1, -0.05) is 18.2 Å². The van der Waals surface area contributed by atoms with Crippen LogP contribution in [-0.2, 0) is 4.79 Å². The third-order valence-electron chi connectivity index (χ3n) is 3.38. The number of aryl methyl sites for hydroxylation is 2. The molecule has 1 N–H and O–H groups in total. The lowest BCUT2D eigenvalue weighted by atomic mass is 10.1. The molecule has 0 aliphatic rings. The number of hydrazone groups is 1. The van der Waals surface area contributed by atoms with Crippen molar-refractivity contribution < 1.29 is 14.3 Å². The Morgan fingerprint density at radius 1 is 1.17 bits per heavy atom. The number of carbonyl (C=O) groups is 1. The number of benzene rings is 2. The Morgan fingerprint density at radius 2 is 1.96 bits per heavy atom. The summed E-state index contributed by atoms with van der Waals surface area (Å²) in [5.41, 5.74) is 5.52. The molecule has 2 aromatic rings. The molecule has 2 rings (SSSR count). The highest BCUT2D eigenvalue weighted by molar-refractivity contribution is 5.85. The first-order valence-corrected chi connectivity index (χ1v) is 7.25. The molecule has 0 saturated heterocycles. The van der Waals surface area contributed by atoms with Crippen molar-refractivity contribution in [2.45, 2.75) is 13.8 Å². The largest absolute Gasteiger partial charge is 0.496 e. The molecule has 0 atom stereocenters. The highest BCUT2D eigenvalue weighted by Crippen LogP contribution is 2.16. The van der Waals surface area contributed by atoms with Crippen LogP contribution in [0.15, 0.2) is 47.6 Å². The first-order valence-electron chi connectivity index (χ1n) is 7.25. The highest BCUT2D eigenvalue weighted by atomic mass is 16.5. The van der Waals surface area contributed by atoms with Crippen molar-refractivity contribution in [2.75, 3.05) is 13.7 Å². The zero-order valence-corrected chi connectivity index (χ0v) is 13.5. The van der Waals surface area contributed by atoms with Crippen LogP contribution in [0.25, 0.3) is 0 Å². The summed E-state index contributed by atoms with van der Waals surface area (Å²) in [6, 6.07) is 13.1. The predicted octanol–water partition coefficient (Wildman–Crippen LogP) is 2.84. The molecule has 120 valence electrons. The van der Waals surface area contributed by atoms with Crippen LogP contribution >= 0.6 is 0 Å². The van der Waals surface area contributed by atoms with E-state index < -0.39 is 0 Å². The van der Waals surface area contributed by atoms with Crippen LogP contribution in [0.5, 0.6) is 11.5 Å². The maximum absolute atomic E-state index is 11.7. The zero-order chi connectivity index (χ0) is 16.7. The lowest BCUT2D eigenvalue weighted by Gasteiger charge is -2.07. The van der Waals surface area contributed by atoms with Crippen LogP contribution in [0.2, 0.25) is 0 Å². The summed E-state index contributed by atoms with van der Waals surface area (Å²) >= 11 is 0. The summed E-state index contributed by atoms with van der Waals surface area (Å²) in [7, 11) is 1.59. The number of nitrogens with one attached hydrogen (secondary N) is 1. The molecule has 0 aliphatic heterocycles. The molecule has 1 amide bonds. The van der Waals surface area contributed by atoms with Crippen LogP contribution in [0.4, 0.5) is 0 Å². The van der Waals surface area contributed by atoms with E-state index in [0.29, 0.717) is 11.5 Å². The Balaban J connectivity index is 1.85. The van der Waals surface area contributed by atoms with Gasteiger partial charge in [0.25, 0.3) is 5.91 Å². The van der Waals surface area contributed by atoms with E-state index in [1.54, 1.807) is 7.11 Å². The molecule has 0 heterocycles. The van der Waals surface area contributed by atoms with Gasteiger partial charge in [0.05, 0.1) is 13.3 Å².